The summed E-state index contributed by atoms with van der Waals surface area (Å²) in [4.78, 5) is 45.5. The van der Waals surface area contributed by atoms with Crippen molar-refractivity contribution in [1.82, 2.24) is 10.3 Å². The highest BCUT2D eigenvalue weighted by Crippen LogP contribution is 2.18. The molecule has 1 atom stereocenters. The standard InChI is InChI=1S/C18H20FN3O5S/c1-11(2)8-27-22(13-5-3-12(19)4-6-13)16(24)7-15(23)21-17(18(25)26)14-9-28-10-20-14/h3-6,9-11,17H,7-8H2,1-2H3,(H,21,23)(H,25,26). The second kappa shape index (κ2) is 9.90. The minimum atomic E-state index is -1.36. The van der Waals surface area contributed by atoms with Gasteiger partial charge in [0, 0.05) is 5.38 Å². The van der Waals surface area contributed by atoms with E-state index < -0.39 is 36.1 Å². The first-order chi connectivity index (χ1) is 13.3. The van der Waals surface area contributed by atoms with Crippen LogP contribution in [0.5, 0.6) is 0 Å². The predicted molar refractivity (Wildman–Crippen MR) is 99.9 cm³/mol. The summed E-state index contributed by atoms with van der Waals surface area (Å²) < 4.78 is 13.2. The maximum atomic E-state index is 13.2. The van der Waals surface area contributed by atoms with Gasteiger partial charge in [-0.15, -0.1) is 11.3 Å². The highest BCUT2D eigenvalue weighted by Gasteiger charge is 2.27. The van der Waals surface area contributed by atoms with E-state index >= 15 is 0 Å². The molecule has 1 aromatic carbocycles. The van der Waals surface area contributed by atoms with Gasteiger partial charge in [-0.3, -0.25) is 14.4 Å². The van der Waals surface area contributed by atoms with Crippen LogP contribution in [0.3, 0.4) is 0 Å². The molecule has 0 radical (unpaired) electrons. The van der Waals surface area contributed by atoms with Gasteiger partial charge in [-0.25, -0.2) is 14.2 Å². The van der Waals surface area contributed by atoms with Gasteiger partial charge in [0.25, 0.3) is 5.91 Å². The molecule has 0 aliphatic heterocycles. The largest absolute Gasteiger partial charge is 0.479 e. The van der Waals surface area contributed by atoms with Crippen molar-refractivity contribution in [1.29, 1.82) is 0 Å². The lowest BCUT2D eigenvalue weighted by Crippen LogP contribution is -2.39. The number of amides is 2. The number of benzene rings is 1. The summed E-state index contributed by atoms with van der Waals surface area (Å²) >= 11 is 1.19. The Morgan fingerprint density at radius 1 is 1.29 bits per heavy atom. The SMILES string of the molecule is CC(C)CON(C(=O)CC(=O)NC(C(=O)O)c1cscn1)c1ccc(F)cc1. The number of halogens is 1. The summed E-state index contributed by atoms with van der Waals surface area (Å²) in [7, 11) is 0. The lowest BCUT2D eigenvalue weighted by atomic mass is 10.2. The monoisotopic (exact) mass is 409 g/mol. The summed E-state index contributed by atoms with van der Waals surface area (Å²) in [6.45, 7) is 3.96. The number of hydrogen-bond acceptors (Lipinski definition) is 6. The zero-order valence-electron chi connectivity index (χ0n) is 15.3. The number of carboxylic acids is 1. The third-order valence-electron chi connectivity index (χ3n) is 3.44. The fourth-order valence-electron chi connectivity index (χ4n) is 2.14. The van der Waals surface area contributed by atoms with Crippen molar-refractivity contribution >= 4 is 34.8 Å². The zero-order valence-corrected chi connectivity index (χ0v) is 16.1. The van der Waals surface area contributed by atoms with Crippen LogP contribution in [-0.4, -0.2) is 34.5 Å². The molecular weight excluding hydrogens is 389 g/mol. The van der Waals surface area contributed by atoms with Crippen LogP contribution in [0.1, 0.15) is 32.0 Å². The second-order valence-electron chi connectivity index (χ2n) is 6.28. The average Bonchev–Trinajstić information content (AvgIpc) is 3.15. The molecule has 1 aromatic heterocycles. The molecular formula is C18H20FN3O5S. The van der Waals surface area contributed by atoms with Crippen LogP contribution in [0.15, 0.2) is 35.2 Å². The van der Waals surface area contributed by atoms with Crippen molar-refractivity contribution in [2.45, 2.75) is 26.3 Å². The molecule has 0 saturated heterocycles. The van der Waals surface area contributed by atoms with E-state index in [9.17, 15) is 23.9 Å². The number of anilines is 1. The summed E-state index contributed by atoms with van der Waals surface area (Å²) in [5, 5.41) is 14.0. The number of carbonyl (C=O) groups excluding carboxylic acids is 2. The molecule has 150 valence electrons. The lowest BCUT2D eigenvalue weighted by molar-refractivity contribution is -0.143. The number of aromatic nitrogens is 1. The van der Waals surface area contributed by atoms with E-state index in [1.165, 1.54) is 34.4 Å². The van der Waals surface area contributed by atoms with E-state index in [1.54, 1.807) is 0 Å². The fraction of sp³-hybridized carbons (Fsp3) is 0.333. The molecule has 0 aliphatic rings. The van der Waals surface area contributed by atoms with Gasteiger partial charge in [0.1, 0.15) is 12.2 Å². The number of hydroxylamine groups is 1. The van der Waals surface area contributed by atoms with Crippen molar-refractivity contribution in [3.63, 3.8) is 0 Å². The van der Waals surface area contributed by atoms with E-state index in [0.29, 0.717) is 0 Å². The summed E-state index contributed by atoms with van der Waals surface area (Å²) in [5.74, 6) is -3.19. The number of thiazole rings is 1. The Morgan fingerprint density at radius 2 is 1.96 bits per heavy atom. The van der Waals surface area contributed by atoms with Crippen LogP contribution in [0, 0.1) is 11.7 Å². The van der Waals surface area contributed by atoms with Crippen LogP contribution in [-0.2, 0) is 19.2 Å². The van der Waals surface area contributed by atoms with Crippen molar-refractivity contribution in [2.24, 2.45) is 5.92 Å². The van der Waals surface area contributed by atoms with E-state index in [1.807, 2.05) is 13.8 Å². The zero-order chi connectivity index (χ0) is 20.7. The van der Waals surface area contributed by atoms with Crippen LogP contribution in [0.2, 0.25) is 0 Å². The predicted octanol–water partition coefficient (Wildman–Crippen LogP) is 2.54. The molecule has 2 rings (SSSR count). The summed E-state index contributed by atoms with van der Waals surface area (Å²) in [6, 6.07) is 3.66. The first-order valence-electron chi connectivity index (χ1n) is 8.39. The number of nitrogens with one attached hydrogen (secondary N) is 1. The van der Waals surface area contributed by atoms with Gasteiger partial charge in [0.15, 0.2) is 6.04 Å². The first-order valence-corrected chi connectivity index (χ1v) is 9.34. The first kappa shape index (κ1) is 21.5. The average molecular weight is 409 g/mol. The van der Waals surface area contributed by atoms with E-state index in [4.69, 9.17) is 4.84 Å². The van der Waals surface area contributed by atoms with Crippen molar-refractivity contribution < 1.29 is 28.7 Å². The number of aliphatic carboxylic acids is 1. The smallest absolute Gasteiger partial charge is 0.332 e. The van der Waals surface area contributed by atoms with Crippen LogP contribution in [0.25, 0.3) is 0 Å². The minimum Gasteiger partial charge on any atom is -0.479 e. The Kier molecular flexibility index (Phi) is 7.59. The molecule has 8 nitrogen and oxygen atoms in total. The Hall–Kier alpha value is -2.85. The maximum absolute atomic E-state index is 13.2. The highest BCUT2D eigenvalue weighted by atomic mass is 32.1. The van der Waals surface area contributed by atoms with E-state index in [-0.39, 0.29) is 23.9 Å². The Balaban J connectivity index is 2.09. The topological polar surface area (TPSA) is 109 Å². The number of nitrogens with zero attached hydrogens (tertiary/aromatic N) is 2. The van der Waals surface area contributed by atoms with Gasteiger partial charge in [-0.1, -0.05) is 13.8 Å². The summed E-state index contributed by atoms with van der Waals surface area (Å²) in [6.07, 6.45) is -0.649. The van der Waals surface area contributed by atoms with Gasteiger partial charge in [-0.2, -0.15) is 5.06 Å². The van der Waals surface area contributed by atoms with Gasteiger partial charge in [0.05, 0.1) is 23.5 Å². The van der Waals surface area contributed by atoms with Crippen molar-refractivity contribution in [3.8, 4) is 0 Å². The van der Waals surface area contributed by atoms with E-state index in [2.05, 4.69) is 10.3 Å². The van der Waals surface area contributed by atoms with Gasteiger partial charge in [-0.05, 0) is 30.2 Å². The molecule has 0 spiro atoms. The fourth-order valence-corrected chi connectivity index (χ4v) is 2.72. The molecule has 0 fully saturated rings. The Bertz CT molecular complexity index is 811. The second-order valence-corrected chi connectivity index (χ2v) is 7.00. The molecule has 1 unspecified atom stereocenters. The van der Waals surface area contributed by atoms with Gasteiger partial charge >= 0.3 is 5.97 Å². The van der Waals surface area contributed by atoms with Gasteiger partial charge in [0.2, 0.25) is 5.91 Å². The number of carboxylic acid groups (broad SMARTS) is 1. The molecule has 2 aromatic rings. The normalized spacial score (nSPS) is 11.9. The van der Waals surface area contributed by atoms with Crippen LogP contribution in [0.4, 0.5) is 10.1 Å². The third kappa shape index (κ3) is 6.10. The molecule has 10 heteroatoms. The molecule has 2 amide bonds. The Labute approximate surface area is 164 Å². The van der Waals surface area contributed by atoms with E-state index in [0.717, 1.165) is 17.2 Å². The number of carbonyl (C=O) groups is 3. The molecule has 28 heavy (non-hydrogen) atoms. The highest BCUT2D eigenvalue weighted by molar-refractivity contribution is 7.07. The molecule has 0 aliphatic carbocycles. The van der Waals surface area contributed by atoms with Gasteiger partial charge < -0.3 is 10.4 Å². The van der Waals surface area contributed by atoms with Crippen molar-refractivity contribution in [2.75, 3.05) is 11.7 Å². The molecule has 0 saturated carbocycles. The quantitative estimate of drug-likeness (QED) is 0.487. The molecule has 2 N–H and O–H groups in total. The Morgan fingerprint density at radius 3 is 2.50 bits per heavy atom. The van der Waals surface area contributed by atoms with Crippen LogP contribution >= 0.6 is 11.3 Å². The van der Waals surface area contributed by atoms with Crippen molar-refractivity contribution in [3.05, 3.63) is 46.7 Å². The number of rotatable bonds is 9. The summed E-state index contributed by atoms with van der Waals surface area (Å²) in [5.41, 5.74) is 1.87. The third-order valence-corrected chi connectivity index (χ3v) is 4.04. The number of hydrogen-bond donors (Lipinski definition) is 2. The minimum absolute atomic E-state index is 0.102. The lowest BCUT2D eigenvalue weighted by Gasteiger charge is -2.23. The maximum Gasteiger partial charge on any atom is 0.332 e. The molecule has 0 bridgehead atoms. The van der Waals surface area contributed by atoms with Crippen LogP contribution < -0.4 is 10.4 Å². The molecule has 1 heterocycles.